The van der Waals surface area contributed by atoms with Crippen molar-refractivity contribution in [2.45, 2.75) is 18.6 Å². The fourth-order valence-corrected chi connectivity index (χ4v) is 1.83. The van der Waals surface area contributed by atoms with Crippen LogP contribution in [0.4, 0.5) is 0 Å². The van der Waals surface area contributed by atoms with Crippen LogP contribution in [0.25, 0.3) is 0 Å². The Morgan fingerprint density at radius 2 is 2.38 bits per heavy atom. The molecule has 1 atom stereocenters. The number of thioether (sulfide) groups is 1. The minimum absolute atomic E-state index is 0.116. The predicted molar refractivity (Wildman–Crippen MR) is 71.9 cm³/mol. The molecule has 3 nitrogen and oxygen atoms in total. The number of carbonyl (C=O) groups excluding carboxylic acids is 1. The molecule has 1 heterocycles. The molecule has 1 unspecified atom stereocenters. The highest BCUT2D eigenvalue weighted by Gasteiger charge is 2.07. The van der Waals surface area contributed by atoms with E-state index in [9.17, 15) is 4.79 Å². The van der Waals surface area contributed by atoms with Crippen molar-refractivity contribution in [3.63, 3.8) is 0 Å². The Morgan fingerprint density at radius 3 is 3.00 bits per heavy atom. The molecule has 16 heavy (non-hydrogen) atoms. The second-order valence-electron chi connectivity index (χ2n) is 3.44. The normalized spacial score (nSPS) is 12.2. The molecule has 5 heteroatoms. The molecule has 0 saturated carbocycles. The van der Waals surface area contributed by atoms with Gasteiger partial charge in [-0.1, -0.05) is 13.0 Å². The van der Waals surface area contributed by atoms with E-state index in [1.807, 2.05) is 0 Å². The van der Waals surface area contributed by atoms with Crippen LogP contribution in [0.15, 0.2) is 22.8 Å². The van der Waals surface area contributed by atoms with Crippen molar-refractivity contribution in [2.75, 3.05) is 12.8 Å². The van der Waals surface area contributed by atoms with Gasteiger partial charge in [0.2, 0.25) is 0 Å². The third-order valence-corrected chi connectivity index (χ3v) is 3.67. The van der Waals surface area contributed by atoms with Crippen LogP contribution in [0.1, 0.15) is 23.8 Å². The van der Waals surface area contributed by atoms with Gasteiger partial charge < -0.3 is 5.32 Å². The number of hydrogen-bond donors (Lipinski definition) is 1. The van der Waals surface area contributed by atoms with Crippen molar-refractivity contribution < 1.29 is 4.79 Å². The molecule has 0 saturated heterocycles. The largest absolute Gasteiger partial charge is 0.351 e. The highest BCUT2D eigenvalue weighted by atomic mass is 79.9. The zero-order chi connectivity index (χ0) is 12.0. The van der Waals surface area contributed by atoms with Crippen molar-refractivity contribution in [1.82, 2.24) is 10.3 Å². The Morgan fingerprint density at radius 1 is 1.62 bits per heavy atom. The standard InChI is InChI=1S/C11H15BrN2OS/c1-8(16-2)6-7-13-11(15)9-4-3-5-10(12)14-9/h3-5,8H,6-7H2,1-2H3,(H,13,15). The second-order valence-corrected chi connectivity index (χ2v) is 5.53. The topological polar surface area (TPSA) is 42.0 Å². The van der Waals surface area contributed by atoms with Crippen molar-refractivity contribution >= 4 is 33.6 Å². The van der Waals surface area contributed by atoms with Gasteiger partial charge in [0.25, 0.3) is 5.91 Å². The summed E-state index contributed by atoms with van der Waals surface area (Å²) in [6.45, 7) is 2.84. The lowest BCUT2D eigenvalue weighted by atomic mass is 10.3. The van der Waals surface area contributed by atoms with Crippen LogP contribution in [-0.2, 0) is 0 Å². The van der Waals surface area contributed by atoms with E-state index in [-0.39, 0.29) is 5.91 Å². The third kappa shape index (κ3) is 4.53. The molecule has 0 aromatic carbocycles. The van der Waals surface area contributed by atoms with Crippen LogP contribution in [0.2, 0.25) is 0 Å². The third-order valence-electron chi connectivity index (χ3n) is 2.19. The molecule has 0 spiro atoms. The first-order valence-electron chi connectivity index (χ1n) is 5.07. The summed E-state index contributed by atoms with van der Waals surface area (Å²) in [7, 11) is 0. The highest BCUT2D eigenvalue weighted by Crippen LogP contribution is 2.09. The first kappa shape index (κ1) is 13.5. The summed E-state index contributed by atoms with van der Waals surface area (Å²) >= 11 is 5.04. The average molecular weight is 303 g/mol. The van der Waals surface area contributed by atoms with Gasteiger partial charge in [-0.05, 0) is 40.7 Å². The molecule has 0 bridgehead atoms. The Labute approximate surface area is 109 Å². The fourth-order valence-electron chi connectivity index (χ4n) is 1.13. The average Bonchev–Trinajstić information content (AvgIpc) is 2.28. The van der Waals surface area contributed by atoms with Gasteiger partial charge in [0.05, 0.1) is 0 Å². The Hall–Kier alpha value is -0.550. The molecule has 0 aliphatic rings. The van der Waals surface area contributed by atoms with E-state index in [1.165, 1.54) is 0 Å². The number of carbonyl (C=O) groups is 1. The Kier molecular flexibility index (Phi) is 5.84. The van der Waals surface area contributed by atoms with Crippen LogP contribution < -0.4 is 5.32 Å². The molecule has 1 aromatic heterocycles. The van der Waals surface area contributed by atoms with E-state index in [0.717, 1.165) is 6.42 Å². The summed E-state index contributed by atoms with van der Waals surface area (Å²) in [5.74, 6) is -0.116. The van der Waals surface area contributed by atoms with E-state index in [0.29, 0.717) is 22.1 Å². The van der Waals surface area contributed by atoms with Gasteiger partial charge >= 0.3 is 0 Å². The molecule has 0 fully saturated rings. The minimum atomic E-state index is -0.116. The van der Waals surface area contributed by atoms with Crippen LogP contribution in [-0.4, -0.2) is 28.9 Å². The van der Waals surface area contributed by atoms with Gasteiger partial charge in [0.15, 0.2) is 0 Å². The van der Waals surface area contributed by atoms with E-state index in [2.05, 4.69) is 39.4 Å². The molecule has 1 aromatic rings. The lowest BCUT2D eigenvalue weighted by molar-refractivity contribution is 0.0948. The van der Waals surface area contributed by atoms with E-state index >= 15 is 0 Å². The van der Waals surface area contributed by atoms with E-state index in [1.54, 1.807) is 30.0 Å². The number of halogens is 1. The van der Waals surface area contributed by atoms with Gasteiger partial charge in [-0.3, -0.25) is 4.79 Å². The van der Waals surface area contributed by atoms with Crippen LogP contribution in [0.5, 0.6) is 0 Å². The summed E-state index contributed by atoms with van der Waals surface area (Å²) in [6.07, 6.45) is 3.04. The number of nitrogens with one attached hydrogen (secondary N) is 1. The zero-order valence-corrected chi connectivity index (χ0v) is 11.8. The Balaban J connectivity index is 2.41. The summed E-state index contributed by atoms with van der Waals surface area (Å²) in [6, 6.07) is 5.31. The smallest absolute Gasteiger partial charge is 0.269 e. The molecule has 0 radical (unpaired) electrons. The predicted octanol–water partition coefficient (Wildman–Crippen LogP) is 2.72. The molecule has 88 valence electrons. The van der Waals surface area contributed by atoms with Crippen molar-refractivity contribution in [1.29, 1.82) is 0 Å². The lowest BCUT2D eigenvalue weighted by Gasteiger charge is -2.08. The number of amides is 1. The fraction of sp³-hybridized carbons (Fsp3) is 0.455. The number of rotatable bonds is 5. The molecule has 0 aliphatic heterocycles. The molecular formula is C11H15BrN2OS. The molecule has 1 rings (SSSR count). The number of hydrogen-bond acceptors (Lipinski definition) is 3. The van der Waals surface area contributed by atoms with Crippen molar-refractivity contribution in [2.24, 2.45) is 0 Å². The minimum Gasteiger partial charge on any atom is -0.351 e. The highest BCUT2D eigenvalue weighted by molar-refractivity contribution is 9.10. The van der Waals surface area contributed by atoms with Gasteiger partial charge in [-0.25, -0.2) is 4.98 Å². The van der Waals surface area contributed by atoms with Gasteiger partial charge in [0, 0.05) is 11.8 Å². The molecule has 0 aliphatic carbocycles. The van der Waals surface area contributed by atoms with E-state index < -0.39 is 0 Å². The molecule has 1 amide bonds. The summed E-state index contributed by atoms with van der Waals surface area (Å²) in [5, 5.41) is 3.42. The van der Waals surface area contributed by atoms with Crippen molar-refractivity contribution in [3.8, 4) is 0 Å². The van der Waals surface area contributed by atoms with Crippen LogP contribution in [0, 0.1) is 0 Å². The number of aromatic nitrogens is 1. The maximum Gasteiger partial charge on any atom is 0.269 e. The summed E-state index contributed by atoms with van der Waals surface area (Å²) < 4.78 is 0.678. The van der Waals surface area contributed by atoms with Crippen molar-refractivity contribution in [3.05, 3.63) is 28.5 Å². The maximum absolute atomic E-state index is 11.7. The monoisotopic (exact) mass is 302 g/mol. The summed E-state index contributed by atoms with van der Waals surface area (Å²) in [4.78, 5) is 15.8. The SMILES string of the molecule is CSC(C)CCNC(=O)c1cccc(Br)n1. The number of pyridine rings is 1. The quantitative estimate of drug-likeness (QED) is 0.851. The van der Waals surface area contributed by atoms with E-state index in [4.69, 9.17) is 0 Å². The molecule has 1 N–H and O–H groups in total. The lowest BCUT2D eigenvalue weighted by Crippen LogP contribution is -2.26. The summed E-state index contributed by atoms with van der Waals surface area (Å²) in [5.41, 5.74) is 0.450. The first-order chi connectivity index (χ1) is 7.63. The Bertz CT molecular complexity index is 360. The first-order valence-corrected chi connectivity index (χ1v) is 7.15. The van der Waals surface area contributed by atoms with Gasteiger partial charge in [-0.15, -0.1) is 0 Å². The van der Waals surface area contributed by atoms with Gasteiger partial charge in [0.1, 0.15) is 10.3 Å². The number of nitrogens with zero attached hydrogens (tertiary/aromatic N) is 1. The van der Waals surface area contributed by atoms with Crippen LogP contribution in [0.3, 0.4) is 0 Å². The van der Waals surface area contributed by atoms with Crippen LogP contribution >= 0.6 is 27.7 Å². The van der Waals surface area contributed by atoms with Gasteiger partial charge in [-0.2, -0.15) is 11.8 Å². The second kappa shape index (κ2) is 6.91. The maximum atomic E-state index is 11.7. The zero-order valence-electron chi connectivity index (χ0n) is 9.37. The molecular weight excluding hydrogens is 288 g/mol.